The summed E-state index contributed by atoms with van der Waals surface area (Å²) in [6.45, 7) is 0.867. The molecule has 1 heterocycles. The van der Waals surface area contributed by atoms with Gasteiger partial charge < -0.3 is 10.1 Å². The zero-order valence-electron chi connectivity index (χ0n) is 14.2. The Morgan fingerprint density at radius 1 is 1.21 bits per heavy atom. The SMILES string of the molecule is COc1ccc(N2C(=O)C[C@@H]([NH2+]CCC3=CCCCC3)C2=O)cc1. The molecule has 1 fully saturated rings. The number of carbonyl (C=O) groups excluding carboxylic acids is 2. The van der Waals surface area contributed by atoms with Gasteiger partial charge >= 0.3 is 0 Å². The lowest BCUT2D eigenvalue weighted by Crippen LogP contribution is -2.91. The van der Waals surface area contributed by atoms with E-state index in [1.165, 1.54) is 36.2 Å². The average molecular weight is 329 g/mol. The molecule has 1 aromatic rings. The van der Waals surface area contributed by atoms with Crippen LogP contribution in [0.3, 0.4) is 0 Å². The predicted octanol–water partition coefficient (Wildman–Crippen LogP) is 1.78. The maximum atomic E-state index is 12.6. The third-order valence-corrected chi connectivity index (χ3v) is 4.81. The standard InChI is InChI=1S/C19H24N2O3/c1-24-16-9-7-15(8-10-16)21-18(22)13-17(19(21)23)20-12-11-14-5-3-2-4-6-14/h5,7-10,17,20H,2-4,6,11-13H2,1H3/p+1/t17-/m1/s1. The summed E-state index contributed by atoms with van der Waals surface area (Å²) < 4.78 is 5.12. The van der Waals surface area contributed by atoms with E-state index in [1.54, 1.807) is 31.4 Å². The van der Waals surface area contributed by atoms with Crippen molar-refractivity contribution in [3.05, 3.63) is 35.9 Å². The number of ether oxygens (including phenoxy) is 1. The number of hydrogen-bond donors (Lipinski definition) is 1. The van der Waals surface area contributed by atoms with Crippen LogP contribution in [-0.2, 0) is 9.59 Å². The summed E-state index contributed by atoms with van der Waals surface area (Å²) in [5.41, 5.74) is 2.12. The first-order chi connectivity index (χ1) is 11.7. The van der Waals surface area contributed by atoms with Gasteiger partial charge in [0.15, 0.2) is 6.04 Å². The molecule has 3 rings (SSSR count). The number of quaternary nitrogens is 1. The molecular formula is C19H25N2O3+. The third kappa shape index (κ3) is 3.67. The van der Waals surface area contributed by atoms with Gasteiger partial charge in [-0.25, -0.2) is 4.90 Å². The van der Waals surface area contributed by atoms with Crippen molar-refractivity contribution in [2.24, 2.45) is 0 Å². The van der Waals surface area contributed by atoms with Gasteiger partial charge in [0, 0.05) is 6.42 Å². The number of allylic oxidation sites excluding steroid dienone is 1. The zero-order chi connectivity index (χ0) is 16.9. The molecule has 0 aromatic heterocycles. The minimum absolute atomic E-state index is 0.109. The molecule has 5 nitrogen and oxygen atoms in total. The van der Waals surface area contributed by atoms with E-state index >= 15 is 0 Å². The van der Waals surface area contributed by atoms with E-state index in [1.807, 2.05) is 5.32 Å². The van der Waals surface area contributed by atoms with Crippen molar-refractivity contribution >= 4 is 17.5 Å². The van der Waals surface area contributed by atoms with E-state index in [9.17, 15) is 9.59 Å². The lowest BCUT2D eigenvalue weighted by atomic mass is 9.97. The van der Waals surface area contributed by atoms with Crippen LogP contribution in [0.2, 0.25) is 0 Å². The number of imide groups is 1. The minimum Gasteiger partial charge on any atom is -0.497 e. The fourth-order valence-electron chi connectivity index (χ4n) is 3.44. The van der Waals surface area contributed by atoms with E-state index in [0.29, 0.717) is 11.4 Å². The Hall–Kier alpha value is -2.14. The van der Waals surface area contributed by atoms with E-state index in [4.69, 9.17) is 4.74 Å². The van der Waals surface area contributed by atoms with Gasteiger partial charge in [-0.2, -0.15) is 0 Å². The van der Waals surface area contributed by atoms with E-state index < -0.39 is 0 Å². The average Bonchev–Trinajstić information content (AvgIpc) is 2.90. The summed E-state index contributed by atoms with van der Waals surface area (Å²) in [5.74, 6) is 0.479. The Balaban J connectivity index is 1.57. The molecule has 1 aliphatic carbocycles. The first-order valence-electron chi connectivity index (χ1n) is 8.71. The van der Waals surface area contributed by atoms with Crippen LogP contribution >= 0.6 is 0 Å². The molecule has 0 saturated carbocycles. The number of rotatable bonds is 6. The fraction of sp³-hybridized carbons (Fsp3) is 0.474. The summed E-state index contributed by atoms with van der Waals surface area (Å²) in [5, 5.41) is 2.03. The number of anilines is 1. The number of benzene rings is 1. The Bertz CT molecular complexity index is 637. The molecule has 1 saturated heterocycles. The third-order valence-electron chi connectivity index (χ3n) is 4.81. The molecule has 2 aliphatic rings. The van der Waals surface area contributed by atoms with Crippen molar-refractivity contribution in [3.8, 4) is 5.75 Å². The van der Waals surface area contributed by atoms with Crippen molar-refractivity contribution in [3.63, 3.8) is 0 Å². The number of methoxy groups -OCH3 is 1. The van der Waals surface area contributed by atoms with Gasteiger partial charge in [0.2, 0.25) is 5.91 Å². The number of nitrogens with two attached hydrogens (primary N) is 1. The monoisotopic (exact) mass is 329 g/mol. The maximum Gasteiger partial charge on any atom is 0.292 e. The quantitative estimate of drug-likeness (QED) is 0.639. The molecular weight excluding hydrogens is 304 g/mol. The Morgan fingerprint density at radius 3 is 2.67 bits per heavy atom. The van der Waals surface area contributed by atoms with Crippen LogP contribution in [0.4, 0.5) is 5.69 Å². The summed E-state index contributed by atoms with van der Waals surface area (Å²) in [4.78, 5) is 26.1. The van der Waals surface area contributed by atoms with Crippen LogP contribution in [0.5, 0.6) is 5.75 Å². The van der Waals surface area contributed by atoms with Gasteiger partial charge in [-0.05, 0) is 49.9 Å². The van der Waals surface area contributed by atoms with Crippen molar-refractivity contribution in [2.75, 3.05) is 18.6 Å². The van der Waals surface area contributed by atoms with Crippen LogP contribution < -0.4 is 15.0 Å². The maximum absolute atomic E-state index is 12.6. The molecule has 1 aromatic carbocycles. The smallest absolute Gasteiger partial charge is 0.292 e. The lowest BCUT2D eigenvalue weighted by molar-refractivity contribution is -0.674. The Kier molecular flexibility index (Phi) is 5.30. The summed E-state index contributed by atoms with van der Waals surface area (Å²) in [7, 11) is 1.59. The minimum atomic E-state index is -0.288. The zero-order valence-corrected chi connectivity index (χ0v) is 14.2. The first-order valence-corrected chi connectivity index (χ1v) is 8.71. The van der Waals surface area contributed by atoms with Crippen molar-refractivity contribution in [1.29, 1.82) is 0 Å². The van der Waals surface area contributed by atoms with Gasteiger partial charge in [0.25, 0.3) is 5.91 Å². The highest BCUT2D eigenvalue weighted by Crippen LogP contribution is 2.24. The summed E-state index contributed by atoms with van der Waals surface area (Å²) >= 11 is 0. The molecule has 2 N–H and O–H groups in total. The largest absolute Gasteiger partial charge is 0.497 e. The highest BCUT2D eigenvalue weighted by Gasteiger charge is 2.42. The Labute approximate surface area is 142 Å². The first kappa shape index (κ1) is 16.7. The van der Waals surface area contributed by atoms with Crippen LogP contribution in [0.25, 0.3) is 0 Å². The molecule has 24 heavy (non-hydrogen) atoms. The van der Waals surface area contributed by atoms with Gasteiger partial charge in [0.05, 0.1) is 25.8 Å². The second kappa shape index (κ2) is 7.62. The van der Waals surface area contributed by atoms with Gasteiger partial charge in [-0.3, -0.25) is 9.59 Å². The molecule has 1 atom stereocenters. The van der Waals surface area contributed by atoms with Gasteiger partial charge in [-0.15, -0.1) is 0 Å². The topological polar surface area (TPSA) is 63.2 Å². The molecule has 128 valence electrons. The summed E-state index contributed by atoms with van der Waals surface area (Å²) in [6, 6.07) is 6.75. The molecule has 0 spiro atoms. The second-order valence-electron chi connectivity index (χ2n) is 6.46. The van der Waals surface area contributed by atoms with Crippen molar-refractivity contribution in [1.82, 2.24) is 0 Å². The lowest BCUT2D eigenvalue weighted by Gasteiger charge is -2.15. The second-order valence-corrected chi connectivity index (χ2v) is 6.46. The number of amides is 2. The summed E-state index contributed by atoms with van der Waals surface area (Å²) in [6.07, 6.45) is 8.56. The molecule has 0 unspecified atom stereocenters. The van der Waals surface area contributed by atoms with Gasteiger partial charge in [-0.1, -0.05) is 11.6 Å². The van der Waals surface area contributed by atoms with Crippen LogP contribution in [0.15, 0.2) is 35.9 Å². The van der Waals surface area contributed by atoms with E-state index in [2.05, 4.69) is 6.08 Å². The molecule has 0 radical (unpaired) electrons. The van der Waals surface area contributed by atoms with Crippen LogP contribution in [0.1, 0.15) is 38.5 Å². The molecule has 5 heteroatoms. The fourth-order valence-corrected chi connectivity index (χ4v) is 3.44. The van der Waals surface area contributed by atoms with Crippen LogP contribution in [0, 0.1) is 0 Å². The van der Waals surface area contributed by atoms with Crippen molar-refractivity contribution < 1.29 is 19.6 Å². The number of hydrogen-bond acceptors (Lipinski definition) is 3. The Morgan fingerprint density at radius 2 is 2.00 bits per heavy atom. The molecule has 2 amide bonds. The van der Waals surface area contributed by atoms with Crippen LogP contribution in [-0.4, -0.2) is 31.5 Å². The number of carbonyl (C=O) groups is 2. The number of nitrogens with zero attached hydrogens (tertiary/aromatic N) is 1. The highest BCUT2D eigenvalue weighted by atomic mass is 16.5. The van der Waals surface area contributed by atoms with Gasteiger partial charge in [0.1, 0.15) is 5.75 Å². The predicted molar refractivity (Wildman–Crippen MR) is 91.9 cm³/mol. The van der Waals surface area contributed by atoms with Crippen molar-refractivity contribution in [2.45, 2.75) is 44.6 Å². The normalized spacial score (nSPS) is 21.1. The molecule has 0 bridgehead atoms. The molecule has 1 aliphatic heterocycles. The van der Waals surface area contributed by atoms with E-state index in [-0.39, 0.29) is 24.3 Å². The highest BCUT2D eigenvalue weighted by molar-refractivity contribution is 6.21. The van der Waals surface area contributed by atoms with E-state index in [0.717, 1.165) is 13.0 Å².